The lowest BCUT2D eigenvalue weighted by molar-refractivity contribution is -0.135. The van der Waals surface area contributed by atoms with Gasteiger partial charge in [-0.25, -0.2) is 9.59 Å². The molecule has 0 saturated heterocycles. The minimum Gasteiger partial charge on any atom is -0.480 e. The van der Waals surface area contributed by atoms with Crippen molar-refractivity contribution in [3.05, 3.63) is 29.8 Å². The van der Waals surface area contributed by atoms with Crippen molar-refractivity contribution in [3.63, 3.8) is 0 Å². The molecule has 0 atom stereocenters. The zero-order valence-corrected chi connectivity index (χ0v) is 13.0. The maximum absolute atomic E-state index is 12.1. The van der Waals surface area contributed by atoms with Gasteiger partial charge in [-0.1, -0.05) is 0 Å². The molecule has 1 amide bonds. The number of carboxylic acid groups (broad SMARTS) is 1. The summed E-state index contributed by atoms with van der Waals surface area (Å²) in [5.74, 6) is -1.70. The fraction of sp³-hybridized carbons (Fsp3) is 0.400. The highest BCUT2D eigenvalue weighted by molar-refractivity contribution is 5.94. The monoisotopic (exact) mass is 309 g/mol. The number of esters is 1. The lowest BCUT2D eigenvalue weighted by Gasteiger charge is -2.26. The van der Waals surface area contributed by atoms with E-state index in [2.05, 4.69) is 4.74 Å². The molecule has 0 bridgehead atoms. The van der Waals surface area contributed by atoms with Gasteiger partial charge in [0, 0.05) is 5.69 Å². The third-order valence-corrected chi connectivity index (χ3v) is 2.51. The Morgan fingerprint density at radius 2 is 1.68 bits per heavy atom. The van der Waals surface area contributed by atoms with Crippen LogP contribution in [0.15, 0.2) is 24.3 Å². The average Bonchev–Trinajstić information content (AvgIpc) is 2.42. The third-order valence-electron chi connectivity index (χ3n) is 2.51. The Balaban J connectivity index is 3.04. The fourth-order valence-electron chi connectivity index (χ4n) is 1.61. The molecular weight excluding hydrogens is 290 g/mol. The third kappa shape index (κ3) is 5.08. The van der Waals surface area contributed by atoms with Crippen LogP contribution in [0, 0.1) is 0 Å². The summed E-state index contributed by atoms with van der Waals surface area (Å²) in [7, 11) is 1.26. The van der Waals surface area contributed by atoms with Crippen molar-refractivity contribution in [2.24, 2.45) is 0 Å². The van der Waals surface area contributed by atoms with Gasteiger partial charge in [0.05, 0.1) is 12.7 Å². The molecular formula is C15H19NO6. The van der Waals surface area contributed by atoms with Crippen molar-refractivity contribution in [1.29, 1.82) is 0 Å². The zero-order valence-electron chi connectivity index (χ0n) is 13.0. The molecule has 7 nitrogen and oxygen atoms in total. The largest absolute Gasteiger partial charge is 0.480 e. The van der Waals surface area contributed by atoms with Gasteiger partial charge >= 0.3 is 18.0 Å². The Morgan fingerprint density at radius 1 is 1.14 bits per heavy atom. The molecule has 0 heterocycles. The molecule has 0 radical (unpaired) electrons. The Kier molecular flexibility index (Phi) is 5.50. The quantitative estimate of drug-likeness (QED) is 0.858. The molecule has 1 aromatic rings. The number of benzene rings is 1. The Hall–Kier alpha value is -2.57. The normalized spacial score (nSPS) is 10.7. The lowest BCUT2D eigenvalue weighted by atomic mass is 10.2. The van der Waals surface area contributed by atoms with Gasteiger partial charge in [0.1, 0.15) is 12.1 Å². The smallest absolute Gasteiger partial charge is 0.415 e. The summed E-state index contributed by atoms with van der Waals surface area (Å²) in [6.07, 6.45) is -0.777. The molecule has 1 aromatic carbocycles. The summed E-state index contributed by atoms with van der Waals surface area (Å²) < 4.78 is 9.76. The van der Waals surface area contributed by atoms with Gasteiger partial charge in [0.2, 0.25) is 0 Å². The van der Waals surface area contributed by atoms with Crippen LogP contribution < -0.4 is 4.90 Å². The van der Waals surface area contributed by atoms with Gasteiger partial charge in [-0.15, -0.1) is 0 Å². The van der Waals surface area contributed by atoms with Crippen molar-refractivity contribution in [1.82, 2.24) is 0 Å². The highest BCUT2D eigenvalue weighted by atomic mass is 16.6. The van der Waals surface area contributed by atoms with Crippen molar-refractivity contribution in [2.45, 2.75) is 26.4 Å². The topological polar surface area (TPSA) is 93.1 Å². The van der Waals surface area contributed by atoms with Gasteiger partial charge in [-0.05, 0) is 45.0 Å². The summed E-state index contributed by atoms with van der Waals surface area (Å²) in [4.78, 5) is 35.4. The number of anilines is 1. The summed E-state index contributed by atoms with van der Waals surface area (Å²) >= 11 is 0. The van der Waals surface area contributed by atoms with Crippen LogP contribution in [0.5, 0.6) is 0 Å². The van der Waals surface area contributed by atoms with E-state index in [1.165, 1.54) is 31.4 Å². The first kappa shape index (κ1) is 17.5. The minimum absolute atomic E-state index is 0.297. The van der Waals surface area contributed by atoms with Crippen LogP contribution in [0.25, 0.3) is 0 Å². The summed E-state index contributed by atoms with van der Waals surface area (Å²) in [6, 6.07) is 5.80. The van der Waals surface area contributed by atoms with E-state index >= 15 is 0 Å². The predicted octanol–water partition coefficient (Wildman–Crippen LogP) is 2.30. The van der Waals surface area contributed by atoms with Gasteiger partial charge in [0.15, 0.2) is 0 Å². The number of rotatable bonds is 4. The number of hydrogen-bond acceptors (Lipinski definition) is 5. The second-order valence-electron chi connectivity index (χ2n) is 5.50. The number of ether oxygens (including phenoxy) is 2. The molecule has 0 aliphatic heterocycles. The van der Waals surface area contributed by atoms with Crippen molar-refractivity contribution < 1.29 is 29.0 Å². The van der Waals surface area contributed by atoms with Crippen molar-refractivity contribution in [3.8, 4) is 0 Å². The molecule has 1 N–H and O–H groups in total. The number of hydrogen-bond donors (Lipinski definition) is 1. The van der Waals surface area contributed by atoms with Crippen LogP contribution in [0.3, 0.4) is 0 Å². The van der Waals surface area contributed by atoms with E-state index in [1.54, 1.807) is 20.8 Å². The first-order chi connectivity index (χ1) is 10.1. The molecule has 0 aliphatic carbocycles. The Morgan fingerprint density at radius 3 is 2.09 bits per heavy atom. The molecule has 1 rings (SSSR count). The molecule has 120 valence electrons. The van der Waals surface area contributed by atoms with Crippen LogP contribution in [-0.4, -0.2) is 42.4 Å². The van der Waals surface area contributed by atoms with Gasteiger partial charge in [-0.3, -0.25) is 9.69 Å². The molecule has 0 unspecified atom stereocenters. The molecule has 0 spiro atoms. The average molecular weight is 309 g/mol. The van der Waals surface area contributed by atoms with Crippen LogP contribution in [-0.2, 0) is 14.3 Å². The number of carbonyl (C=O) groups excluding carboxylic acids is 2. The number of carboxylic acids is 1. The van der Waals surface area contributed by atoms with E-state index < -0.39 is 30.2 Å². The van der Waals surface area contributed by atoms with Gasteiger partial charge in [-0.2, -0.15) is 0 Å². The molecule has 0 aromatic heterocycles. The molecule has 0 aliphatic rings. The standard InChI is InChI=1S/C15H19NO6/c1-15(2,3)22-14(20)16(9-12(17)18)11-7-5-10(6-8-11)13(19)21-4/h5-8H,9H2,1-4H3,(H,17,18). The SMILES string of the molecule is COC(=O)c1ccc(N(CC(=O)O)C(=O)OC(C)(C)C)cc1. The number of methoxy groups -OCH3 is 1. The minimum atomic E-state index is -1.18. The van der Waals surface area contributed by atoms with Gasteiger partial charge < -0.3 is 14.6 Å². The molecule has 22 heavy (non-hydrogen) atoms. The van der Waals surface area contributed by atoms with E-state index in [1.807, 2.05) is 0 Å². The summed E-state index contributed by atoms with van der Waals surface area (Å²) in [5.41, 5.74) is -0.144. The fourth-order valence-corrected chi connectivity index (χ4v) is 1.61. The van der Waals surface area contributed by atoms with Gasteiger partial charge in [0.25, 0.3) is 0 Å². The van der Waals surface area contributed by atoms with Crippen LogP contribution in [0.4, 0.5) is 10.5 Å². The highest BCUT2D eigenvalue weighted by Gasteiger charge is 2.25. The summed E-state index contributed by atoms with van der Waals surface area (Å²) in [5, 5.41) is 8.95. The molecule has 0 fully saturated rings. The first-order valence-electron chi connectivity index (χ1n) is 6.54. The predicted molar refractivity (Wildman–Crippen MR) is 79.0 cm³/mol. The van der Waals surface area contributed by atoms with E-state index in [0.717, 1.165) is 4.90 Å². The number of amides is 1. The Labute approximate surface area is 128 Å². The van der Waals surface area contributed by atoms with E-state index in [-0.39, 0.29) is 0 Å². The van der Waals surface area contributed by atoms with Crippen molar-refractivity contribution >= 4 is 23.7 Å². The first-order valence-corrected chi connectivity index (χ1v) is 6.54. The van der Waals surface area contributed by atoms with E-state index in [9.17, 15) is 14.4 Å². The summed E-state index contributed by atoms with van der Waals surface area (Å²) in [6.45, 7) is 4.51. The highest BCUT2D eigenvalue weighted by Crippen LogP contribution is 2.19. The lowest BCUT2D eigenvalue weighted by Crippen LogP contribution is -2.40. The number of nitrogens with zero attached hydrogens (tertiary/aromatic N) is 1. The van der Waals surface area contributed by atoms with Crippen molar-refractivity contribution in [2.75, 3.05) is 18.6 Å². The second-order valence-corrected chi connectivity index (χ2v) is 5.50. The number of carbonyl (C=O) groups is 3. The second kappa shape index (κ2) is 6.93. The zero-order chi connectivity index (χ0) is 16.9. The Bertz CT molecular complexity index is 558. The van der Waals surface area contributed by atoms with Crippen LogP contribution >= 0.6 is 0 Å². The van der Waals surface area contributed by atoms with E-state index in [4.69, 9.17) is 9.84 Å². The van der Waals surface area contributed by atoms with E-state index in [0.29, 0.717) is 11.3 Å². The number of aliphatic carboxylic acids is 1. The molecule has 7 heteroatoms. The van der Waals surface area contributed by atoms with Crippen LogP contribution in [0.1, 0.15) is 31.1 Å². The maximum Gasteiger partial charge on any atom is 0.415 e. The van der Waals surface area contributed by atoms with Crippen LogP contribution in [0.2, 0.25) is 0 Å². The maximum atomic E-state index is 12.1. The molecule has 0 saturated carbocycles.